The van der Waals surface area contributed by atoms with Crippen molar-refractivity contribution in [3.8, 4) is 0 Å². The number of hydrogen-bond acceptors (Lipinski definition) is 8. The number of aryl methyl sites for hydroxylation is 1. The van der Waals surface area contributed by atoms with Crippen LogP contribution in [0, 0.1) is 6.92 Å². The number of rotatable bonds is 4. The molecule has 0 aromatic carbocycles. The Labute approximate surface area is 150 Å². The summed E-state index contributed by atoms with van der Waals surface area (Å²) in [6.07, 6.45) is 3.60. The van der Waals surface area contributed by atoms with Crippen LogP contribution in [0.3, 0.4) is 0 Å². The zero-order chi connectivity index (χ0) is 17.7. The Hall–Kier alpha value is -2.26. The highest BCUT2D eigenvalue weighted by Crippen LogP contribution is 2.38. The SMILES string of the molecule is Cc1conc1C(=O)N1CC(N2CCOC(c3nc(C4CC4)no3)C2)C1. The number of ether oxygens (including phenoxy) is 1. The van der Waals surface area contributed by atoms with E-state index in [0.29, 0.717) is 49.8 Å². The molecule has 0 N–H and O–H groups in total. The fourth-order valence-electron chi connectivity index (χ4n) is 3.53. The summed E-state index contributed by atoms with van der Waals surface area (Å²) in [6, 6.07) is 0.323. The molecule has 2 aliphatic heterocycles. The van der Waals surface area contributed by atoms with E-state index < -0.39 is 0 Å². The fraction of sp³-hybridized carbons (Fsp3) is 0.647. The van der Waals surface area contributed by atoms with Crippen molar-refractivity contribution in [2.75, 3.05) is 32.8 Å². The lowest BCUT2D eigenvalue weighted by Gasteiger charge is -2.47. The van der Waals surface area contributed by atoms with Crippen molar-refractivity contribution in [1.82, 2.24) is 25.1 Å². The molecule has 3 fully saturated rings. The van der Waals surface area contributed by atoms with E-state index in [1.807, 2.05) is 6.92 Å². The predicted octanol–water partition coefficient (Wildman–Crippen LogP) is 1.14. The zero-order valence-electron chi connectivity index (χ0n) is 14.6. The summed E-state index contributed by atoms with van der Waals surface area (Å²) in [6.45, 7) is 5.38. The number of carbonyl (C=O) groups excluding carboxylic acids is 1. The monoisotopic (exact) mass is 359 g/mol. The van der Waals surface area contributed by atoms with E-state index >= 15 is 0 Å². The third-order valence-corrected chi connectivity index (χ3v) is 5.39. The second-order valence-electron chi connectivity index (χ2n) is 7.33. The van der Waals surface area contributed by atoms with E-state index in [1.54, 1.807) is 4.90 Å². The molecule has 2 aromatic heterocycles. The highest BCUT2D eigenvalue weighted by atomic mass is 16.5. The minimum absolute atomic E-state index is 0.0664. The average Bonchev–Trinajstić information content (AvgIpc) is 3.17. The number of morpholine rings is 1. The summed E-state index contributed by atoms with van der Waals surface area (Å²) in [4.78, 5) is 21.1. The van der Waals surface area contributed by atoms with Crippen molar-refractivity contribution in [2.45, 2.75) is 37.8 Å². The average molecular weight is 359 g/mol. The maximum absolute atomic E-state index is 12.4. The highest BCUT2D eigenvalue weighted by Gasteiger charge is 2.40. The van der Waals surface area contributed by atoms with Crippen LogP contribution in [0.5, 0.6) is 0 Å². The fourth-order valence-corrected chi connectivity index (χ4v) is 3.53. The van der Waals surface area contributed by atoms with Gasteiger partial charge >= 0.3 is 0 Å². The molecule has 138 valence electrons. The van der Waals surface area contributed by atoms with Gasteiger partial charge in [-0.15, -0.1) is 0 Å². The van der Waals surface area contributed by atoms with Crippen molar-refractivity contribution in [3.05, 3.63) is 29.2 Å². The molecular weight excluding hydrogens is 338 g/mol. The van der Waals surface area contributed by atoms with Crippen LogP contribution < -0.4 is 0 Å². The van der Waals surface area contributed by atoms with Gasteiger partial charge in [0.2, 0.25) is 0 Å². The second-order valence-corrected chi connectivity index (χ2v) is 7.33. The van der Waals surface area contributed by atoms with Crippen molar-refractivity contribution < 1.29 is 18.6 Å². The van der Waals surface area contributed by atoms with Crippen molar-refractivity contribution >= 4 is 5.91 Å². The Morgan fingerprint density at radius 3 is 2.81 bits per heavy atom. The van der Waals surface area contributed by atoms with Crippen LogP contribution >= 0.6 is 0 Å². The summed E-state index contributed by atoms with van der Waals surface area (Å²) >= 11 is 0. The number of aromatic nitrogens is 3. The third kappa shape index (κ3) is 2.80. The molecule has 2 aromatic rings. The Morgan fingerprint density at radius 2 is 2.08 bits per heavy atom. The maximum Gasteiger partial charge on any atom is 0.276 e. The van der Waals surface area contributed by atoms with Gasteiger partial charge in [0.15, 0.2) is 11.5 Å². The summed E-state index contributed by atoms with van der Waals surface area (Å²) in [5.41, 5.74) is 1.18. The number of hydrogen-bond donors (Lipinski definition) is 0. The Balaban J connectivity index is 1.19. The molecule has 9 nitrogen and oxygen atoms in total. The first-order valence-corrected chi connectivity index (χ1v) is 9.08. The van der Waals surface area contributed by atoms with E-state index in [9.17, 15) is 4.79 Å². The van der Waals surface area contributed by atoms with Gasteiger partial charge in [-0.05, 0) is 19.8 Å². The molecule has 9 heteroatoms. The summed E-state index contributed by atoms with van der Waals surface area (Å²) < 4.78 is 16.1. The Kier molecular flexibility index (Phi) is 3.79. The number of carbonyl (C=O) groups is 1. The largest absolute Gasteiger partial charge is 0.366 e. The summed E-state index contributed by atoms with van der Waals surface area (Å²) in [5.74, 6) is 1.79. The molecule has 4 heterocycles. The molecule has 1 atom stereocenters. The van der Waals surface area contributed by atoms with Gasteiger partial charge < -0.3 is 18.7 Å². The lowest BCUT2D eigenvalue weighted by atomic mass is 10.0. The highest BCUT2D eigenvalue weighted by molar-refractivity contribution is 5.94. The van der Waals surface area contributed by atoms with Gasteiger partial charge in [0.25, 0.3) is 11.8 Å². The molecule has 0 spiro atoms. The van der Waals surface area contributed by atoms with Crippen LogP contribution in [-0.2, 0) is 4.74 Å². The van der Waals surface area contributed by atoms with Gasteiger partial charge in [0.05, 0.1) is 6.61 Å². The van der Waals surface area contributed by atoms with Gasteiger partial charge in [-0.3, -0.25) is 9.69 Å². The molecule has 3 aliphatic rings. The van der Waals surface area contributed by atoms with E-state index in [0.717, 1.165) is 30.8 Å². The molecule has 0 radical (unpaired) electrons. The van der Waals surface area contributed by atoms with Crippen LogP contribution in [0.25, 0.3) is 0 Å². The standard InChI is InChI=1S/C17H21N5O4/c1-10-9-25-19-14(10)17(23)22-6-12(7-22)21-4-5-24-13(8-21)16-18-15(20-26-16)11-2-3-11/h9,11-13H,2-8H2,1H3. The van der Waals surface area contributed by atoms with Gasteiger partial charge in [-0.1, -0.05) is 10.3 Å². The van der Waals surface area contributed by atoms with Crippen LogP contribution in [0.4, 0.5) is 0 Å². The van der Waals surface area contributed by atoms with Crippen molar-refractivity contribution in [2.24, 2.45) is 0 Å². The summed E-state index contributed by atoms with van der Waals surface area (Å²) in [5, 5.41) is 7.88. The first kappa shape index (κ1) is 16.0. The van der Waals surface area contributed by atoms with E-state index in [4.69, 9.17) is 13.8 Å². The zero-order valence-corrected chi connectivity index (χ0v) is 14.6. The first-order chi connectivity index (χ1) is 12.7. The second kappa shape index (κ2) is 6.17. The van der Waals surface area contributed by atoms with Gasteiger partial charge in [-0.25, -0.2) is 0 Å². The third-order valence-electron chi connectivity index (χ3n) is 5.39. The lowest BCUT2D eigenvalue weighted by molar-refractivity contribution is -0.0782. The molecule has 1 aliphatic carbocycles. The Bertz CT molecular complexity index is 808. The smallest absolute Gasteiger partial charge is 0.276 e. The number of nitrogens with zero attached hydrogens (tertiary/aromatic N) is 5. The normalized spacial score (nSPS) is 24.7. The van der Waals surface area contributed by atoms with Crippen LogP contribution in [0.2, 0.25) is 0 Å². The summed E-state index contributed by atoms with van der Waals surface area (Å²) in [7, 11) is 0. The topological polar surface area (TPSA) is 97.7 Å². The lowest BCUT2D eigenvalue weighted by Crippen LogP contribution is -2.63. The number of likely N-dealkylation sites (tertiary alicyclic amines) is 1. The minimum Gasteiger partial charge on any atom is -0.366 e. The van der Waals surface area contributed by atoms with E-state index in [-0.39, 0.29) is 12.0 Å². The van der Waals surface area contributed by atoms with Gasteiger partial charge in [0.1, 0.15) is 12.4 Å². The Morgan fingerprint density at radius 1 is 1.23 bits per heavy atom. The molecule has 26 heavy (non-hydrogen) atoms. The first-order valence-electron chi connectivity index (χ1n) is 9.08. The van der Waals surface area contributed by atoms with Crippen molar-refractivity contribution in [1.29, 1.82) is 0 Å². The predicted molar refractivity (Wildman–Crippen MR) is 87.5 cm³/mol. The van der Waals surface area contributed by atoms with Crippen LogP contribution in [-0.4, -0.2) is 69.8 Å². The quantitative estimate of drug-likeness (QED) is 0.802. The van der Waals surface area contributed by atoms with Gasteiger partial charge in [-0.2, -0.15) is 4.98 Å². The molecular formula is C17H21N5O4. The molecule has 0 bridgehead atoms. The molecule has 1 unspecified atom stereocenters. The van der Waals surface area contributed by atoms with Crippen LogP contribution in [0.1, 0.15) is 52.6 Å². The molecule has 1 amide bonds. The van der Waals surface area contributed by atoms with Crippen LogP contribution in [0.15, 0.2) is 15.3 Å². The van der Waals surface area contributed by atoms with Crippen molar-refractivity contribution in [3.63, 3.8) is 0 Å². The van der Waals surface area contributed by atoms with E-state index in [1.165, 1.54) is 6.26 Å². The van der Waals surface area contributed by atoms with Gasteiger partial charge in [0, 0.05) is 43.7 Å². The van der Waals surface area contributed by atoms with E-state index in [2.05, 4.69) is 20.2 Å². The molecule has 1 saturated carbocycles. The number of amides is 1. The molecule has 2 saturated heterocycles. The molecule has 5 rings (SSSR count). The minimum atomic E-state index is -0.189. The maximum atomic E-state index is 12.4.